The summed E-state index contributed by atoms with van der Waals surface area (Å²) in [6, 6.07) is 33.0. The third kappa shape index (κ3) is 7.74. The highest BCUT2D eigenvalue weighted by Crippen LogP contribution is 2.30. The van der Waals surface area contributed by atoms with Crippen LogP contribution in [0.1, 0.15) is 43.0 Å². The Kier molecular flexibility index (Phi) is 9.10. The molecule has 0 spiro atoms. The molecule has 0 unspecified atom stereocenters. The van der Waals surface area contributed by atoms with Gasteiger partial charge in [-0.2, -0.15) is 10.2 Å². The van der Waals surface area contributed by atoms with Crippen molar-refractivity contribution in [1.29, 1.82) is 0 Å². The molecule has 5 rings (SSSR count). The van der Waals surface area contributed by atoms with Crippen molar-refractivity contribution < 1.29 is 9.59 Å². The van der Waals surface area contributed by atoms with Crippen LogP contribution in [0.4, 0.5) is 34.1 Å². The van der Waals surface area contributed by atoms with Crippen LogP contribution in [-0.4, -0.2) is 11.8 Å². The van der Waals surface area contributed by atoms with Crippen LogP contribution in [-0.2, 0) is 0 Å². The van der Waals surface area contributed by atoms with Crippen LogP contribution in [0.25, 0.3) is 0 Å². The Hall–Kier alpha value is -5.76. The minimum Gasteiger partial charge on any atom is -0.320 e. The maximum atomic E-state index is 13.1. The first kappa shape index (κ1) is 29.7. The van der Waals surface area contributed by atoms with Crippen molar-refractivity contribution in [2.75, 3.05) is 10.6 Å². The molecule has 0 atom stereocenters. The largest absolute Gasteiger partial charge is 0.320 e. The summed E-state index contributed by atoms with van der Waals surface area (Å²) < 4.78 is 0. The molecule has 2 N–H and O–H groups in total. The number of anilines is 2. The minimum absolute atomic E-state index is 0.329. The normalized spacial score (nSPS) is 11.2. The summed E-state index contributed by atoms with van der Waals surface area (Å²) in [7, 11) is 0. The van der Waals surface area contributed by atoms with Gasteiger partial charge in [0.05, 0.1) is 22.7 Å². The van der Waals surface area contributed by atoms with Crippen molar-refractivity contribution in [3.63, 3.8) is 0 Å². The Morgan fingerprint density at radius 1 is 0.432 bits per heavy atom. The van der Waals surface area contributed by atoms with Gasteiger partial charge in [0.15, 0.2) is 0 Å². The number of azo groups is 2. The molecular weight excluding hydrogens is 548 g/mol. The molecule has 44 heavy (non-hydrogen) atoms. The van der Waals surface area contributed by atoms with Crippen LogP contribution in [0.2, 0.25) is 0 Å². The van der Waals surface area contributed by atoms with E-state index in [1.54, 1.807) is 36.4 Å². The minimum atomic E-state index is -0.329. The maximum Gasteiger partial charge on any atom is 0.255 e. The fourth-order valence-electron chi connectivity index (χ4n) is 4.27. The van der Waals surface area contributed by atoms with E-state index in [2.05, 4.69) is 31.1 Å². The lowest BCUT2D eigenvalue weighted by molar-refractivity contribution is 0.101. The van der Waals surface area contributed by atoms with Crippen LogP contribution in [0.5, 0.6) is 0 Å². The zero-order chi connectivity index (χ0) is 31.1. The second kappa shape index (κ2) is 13.5. The summed E-state index contributed by atoms with van der Waals surface area (Å²) in [5.74, 6) is -0.658. The molecule has 0 fully saturated rings. The summed E-state index contributed by atoms with van der Waals surface area (Å²) in [6.45, 7) is 7.92. The van der Waals surface area contributed by atoms with E-state index >= 15 is 0 Å². The molecule has 8 heteroatoms. The van der Waals surface area contributed by atoms with Crippen molar-refractivity contribution in [1.82, 2.24) is 0 Å². The number of hydrogen-bond donors (Lipinski definition) is 2. The van der Waals surface area contributed by atoms with Crippen LogP contribution in [0.15, 0.2) is 130 Å². The van der Waals surface area contributed by atoms with Crippen LogP contribution < -0.4 is 10.6 Å². The fourth-order valence-corrected chi connectivity index (χ4v) is 4.27. The Bertz CT molecular complexity index is 1720. The molecule has 0 saturated heterocycles. The SMILES string of the molecule is Cc1ccc(N=Nc2cc(C)ccc2NC(=O)c2ccc(C(=O)Nc3ccc(C)cc3N=Nc3ccc(C)cc3)cc2)cc1. The molecule has 218 valence electrons. The average Bonchev–Trinajstić information content (AvgIpc) is 3.02. The molecule has 0 aliphatic rings. The highest BCUT2D eigenvalue weighted by molar-refractivity contribution is 6.08. The first-order valence-corrected chi connectivity index (χ1v) is 14.1. The Morgan fingerprint density at radius 3 is 1.14 bits per heavy atom. The maximum absolute atomic E-state index is 13.1. The molecule has 5 aromatic rings. The van der Waals surface area contributed by atoms with Crippen molar-refractivity contribution in [2.24, 2.45) is 20.5 Å². The molecule has 0 heterocycles. The monoisotopic (exact) mass is 580 g/mol. The molecule has 0 saturated carbocycles. The van der Waals surface area contributed by atoms with Gasteiger partial charge < -0.3 is 10.6 Å². The smallest absolute Gasteiger partial charge is 0.255 e. The van der Waals surface area contributed by atoms with E-state index in [1.165, 1.54) is 0 Å². The van der Waals surface area contributed by atoms with Gasteiger partial charge in [0.1, 0.15) is 11.4 Å². The van der Waals surface area contributed by atoms with Crippen LogP contribution >= 0.6 is 0 Å². The molecule has 0 aromatic heterocycles. The number of amides is 2. The molecule has 0 aliphatic heterocycles. The van der Waals surface area contributed by atoms with E-state index < -0.39 is 0 Å². The summed E-state index contributed by atoms with van der Waals surface area (Å²) in [5, 5.41) is 23.2. The molecular formula is C36H32N6O2. The molecule has 0 bridgehead atoms. The molecule has 8 nitrogen and oxygen atoms in total. The van der Waals surface area contributed by atoms with E-state index in [4.69, 9.17) is 0 Å². The lowest BCUT2D eigenvalue weighted by Crippen LogP contribution is -2.14. The molecule has 0 aliphatic carbocycles. The van der Waals surface area contributed by atoms with E-state index in [0.717, 1.165) is 33.6 Å². The van der Waals surface area contributed by atoms with Crippen molar-refractivity contribution in [3.8, 4) is 0 Å². The zero-order valence-electron chi connectivity index (χ0n) is 25.0. The number of benzene rings is 5. The summed E-state index contributed by atoms with van der Waals surface area (Å²) in [5.41, 5.74) is 8.63. The predicted octanol–water partition coefficient (Wildman–Crippen LogP) is 10.3. The predicted molar refractivity (Wildman–Crippen MR) is 175 cm³/mol. The number of nitrogens with one attached hydrogen (secondary N) is 2. The lowest BCUT2D eigenvalue weighted by atomic mass is 10.1. The number of aryl methyl sites for hydroxylation is 4. The number of carbonyl (C=O) groups excluding carboxylic acids is 2. The fraction of sp³-hybridized carbons (Fsp3) is 0.111. The topological polar surface area (TPSA) is 108 Å². The highest BCUT2D eigenvalue weighted by atomic mass is 16.2. The number of hydrogen-bond acceptors (Lipinski definition) is 6. The highest BCUT2D eigenvalue weighted by Gasteiger charge is 2.13. The van der Waals surface area contributed by atoms with E-state index in [0.29, 0.717) is 33.9 Å². The van der Waals surface area contributed by atoms with Gasteiger partial charge in [0.25, 0.3) is 11.8 Å². The Labute approximate surface area is 256 Å². The first-order valence-electron chi connectivity index (χ1n) is 14.1. The average molecular weight is 581 g/mol. The second-order valence-electron chi connectivity index (χ2n) is 10.6. The van der Waals surface area contributed by atoms with Crippen molar-refractivity contribution in [3.05, 3.63) is 143 Å². The first-order chi connectivity index (χ1) is 21.2. The summed E-state index contributed by atoms with van der Waals surface area (Å²) >= 11 is 0. The van der Waals surface area contributed by atoms with Crippen LogP contribution in [0, 0.1) is 27.7 Å². The van der Waals surface area contributed by atoms with Gasteiger partial charge in [0, 0.05) is 11.1 Å². The van der Waals surface area contributed by atoms with E-state index in [1.807, 2.05) is 100 Å². The van der Waals surface area contributed by atoms with E-state index in [9.17, 15) is 9.59 Å². The Morgan fingerprint density at radius 2 is 0.773 bits per heavy atom. The summed E-state index contributed by atoms with van der Waals surface area (Å²) in [4.78, 5) is 26.2. The van der Waals surface area contributed by atoms with Crippen molar-refractivity contribution in [2.45, 2.75) is 27.7 Å². The van der Waals surface area contributed by atoms with Crippen molar-refractivity contribution >= 4 is 45.9 Å². The third-order valence-corrected chi connectivity index (χ3v) is 6.83. The molecule has 2 amide bonds. The second-order valence-corrected chi connectivity index (χ2v) is 10.6. The van der Waals surface area contributed by atoms with Gasteiger partial charge in [-0.05, 0) is 112 Å². The van der Waals surface area contributed by atoms with Gasteiger partial charge in [-0.1, -0.05) is 47.5 Å². The van der Waals surface area contributed by atoms with Gasteiger partial charge in [-0.3, -0.25) is 9.59 Å². The van der Waals surface area contributed by atoms with Gasteiger partial charge >= 0.3 is 0 Å². The number of carbonyl (C=O) groups is 2. The van der Waals surface area contributed by atoms with Crippen LogP contribution in [0.3, 0.4) is 0 Å². The lowest BCUT2D eigenvalue weighted by Gasteiger charge is -2.10. The van der Waals surface area contributed by atoms with Gasteiger partial charge in [-0.15, -0.1) is 10.2 Å². The Balaban J connectivity index is 1.27. The summed E-state index contributed by atoms with van der Waals surface area (Å²) in [6.07, 6.45) is 0. The number of nitrogens with zero attached hydrogens (tertiary/aromatic N) is 4. The molecule has 0 radical (unpaired) electrons. The number of rotatable bonds is 8. The van der Waals surface area contributed by atoms with Gasteiger partial charge in [0.2, 0.25) is 0 Å². The van der Waals surface area contributed by atoms with Gasteiger partial charge in [-0.25, -0.2) is 0 Å². The third-order valence-electron chi connectivity index (χ3n) is 6.83. The van der Waals surface area contributed by atoms with E-state index in [-0.39, 0.29) is 11.8 Å². The quantitative estimate of drug-likeness (QED) is 0.178. The molecule has 5 aromatic carbocycles. The standard InChI is InChI=1S/C36H32N6O2/c1-23-5-15-29(16-6-23)39-41-33-21-25(3)9-19-31(33)37-35(43)27-11-13-28(14-12-27)36(44)38-32-20-10-26(4)22-34(32)42-40-30-17-7-24(2)8-18-30/h5-22H,1-4H3,(H,37,43)(H,38,44). The zero-order valence-corrected chi connectivity index (χ0v) is 25.0.